The first-order valence-corrected chi connectivity index (χ1v) is 5.88. The summed E-state index contributed by atoms with van der Waals surface area (Å²) in [6.07, 6.45) is 0. The number of rotatable bonds is 0. The summed E-state index contributed by atoms with van der Waals surface area (Å²) in [5, 5.41) is 0. The number of hydrogen-bond donors (Lipinski definition) is 2. The first-order valence-electron chi connectivity index (χ1n) is 5.88. The zero-order valence-electron chi connectivity index (χ0n) is 9.48. The van der Waals surface area contributed by atoms with E-state index in [0.717, 1.165) is 28.9 Å². The number of anilines is 2. The van der Waals surface area contributed by atoms with Gasteiger partial charge in [-0.3, -0.25) is 0 Å². The van der Waals surface area contributed by atoms with Crippen LogP contribution < -0.4 is 16.0 Å². The Kier molecular flexibility index (Phi) is 1.40. The molecule has 2 aliphatic heterocycles. The van der Waals surface area contributed by atoms with Crippen LogP contribution in [0, 0.1) is 0 Å². The fraction of sp³-hybridized carbons (Fsp3) is 0.143. The van der Waals surface area contributed by atoms with E-state index in [2.05, 4.69) is 24.3 Å². The molecule has 0 aliphatic carbocycles. The van der Waals surface area contributed by atoms with Crippen molar-refractivity contribution >= 4 is 22.7 Å². The molecule has 1 saturated heterocycles. The van der Waals surface area contributed by atoms with Gasteiger partial charge in [-0.25, -0.2) is 4.48 Å². The molecule has 0 aromatic heterocycles. The monoisotopic (exact) mass is 224 g/mol. The average Bonchev–Trinajstić information content (AvgIpc) is 3.06. The summed E-state index contributed by atoms with van der Waals surface area (Å²) in [6.45, 7) is 2.32. The van der Waals surface area contributed by atoms with Gasteiger partial charge in [-0.1, -0.05) is 0 Å². The molecule has 17 heavy (non-hydrogen) atoms. The fourth-order valence-electron chi connectivity index (χ4n) is 2.97. The highest BCUT2D eigenvalue weighted by Crippen LogP contribution is 2.58. The van der Waals surface area contributed by atoms with Crippen molar-refractivity contribution in [2.75, 3.05) is 24.6 Å². The number of benzene rings is 2. The zero-order chi connectivity index (χ0) is 11.6. The van der Waals surface area contributed by atoms with Gasteiger partial charge >= 0.3 is 0 Å². The normalized spacial score (nSPS) is 17.9. The molecule has 4 rings (SSSR count). The Balaban J connectivity index is 2.09. The van der Waals surface area contributed by atoms with Gasteiger partial charge in [0.25, 0.3) is 0 Å². The predicted octanol–water partition coefficient (Wildman–Crippen LogP) is 2.48. The first-order chi connectivity index (χ1) is 8.21. The number of nitrogens with zero attached hydrogens (tertiary/aromatic N) is 1. The van der Waals surface area contributed by atoms with E-state index in [1.54, 1.807) is 0 Å². The molecule has 84 valence electrons. The zero-order valence-corrected chi connectivity index (χ0v) is 9.48. The molecule has 3 nitrogen and oxygen atoms in total. The van der Waals surface area contributed by atoms with E-state index in [9.17, 15) is 0 Å². The molecule has 1 spiro atoms. The molecular weight excluding hydrogens is 210 g/mol. The van der Waals surface area contributed by atoms with Crippen molar-refractivity contribution in [2.24, 2.45) is 0 Å². The van der Waals surface area contributed by atoms with Crippen molar-refractivity contribution in [3.05, 3.63) is 36.4 Å². The van der Waals surface area contributed by atoms with E-state index in [1.165, 1.54) is 22.5 Å². The Morgan fingerprint density at radius 2 is 1.24 bits per heavy atom. The number of nitrogens with two attached hydrogens (primary N) is 2. The second-order valence-corrected chi connectivity index (χ2v) is 4.97. The lowest BCUT2D eigenvalue weighted by Crippen LogP contribution is -2.15. The maximum atomic E-state index is 5.91. The SMILES string of the molecule is Nc1ccc2c(c1)[N+]1(CC1)c1cc(N)ccc1-2. The van der Waals surface area contributed by atoms with Gasteiger partial charge < -0.3 is 11.5 Å². The highest BCUT2D eigenvalue weighted by Gasteiger charge is 2.54. The highest BCUT2D eigenvalue weighted by molar-refractivity contribution is 5.98. The van der Waals surface area contributed by atoms with Gasteiger partial charge in [0.05, 0.1) is 0 Å². The third-order valence-electron chi connectivity index (χ3n) is 3.93. The summed E-state index contributed by atoms with van der Waals surface area (Å²) in [7, 11) is 0. The van der Waals surface area contributed by atoms with Crippen LogP contribution in [0.1, 0.15) is 0 Å². The van der Waals surface area contributed by atoms with E-state index in [4.69, 9.17) is 11.5 Å². The molecule has 0 radical (unpaired) electrons. The minimum atomic E-state index is 0.842. The van der Waals surface area contributed by atoms with Crippen LogP contribution in [0.5, 0.6) is 0 Å². The van der Waals surface area contributed by atoms with Gasteiger partial charge in [0, 0.05) is 34.6 Å². The van der Waals surface area contributed by atoms with Crippen LogP contribution in [0.2, 0.25) is 0 Å². The molecule has 0 unspecified atom stereocenters. The minimum absolute atomic E-state index is 0.842. The van der Waals surface area contributed by atoms with E-state index >= 15 is 0 Å². The lowest BCUT2D eigenvalue weighted by molar-refractivity contribution is 0.762. The molecule has 2 heterocycles. The lowest BCUT2D eigenvalue weighted by Gasteiger charge is -2.12. The van der Waals surface area contributed by atoms with E-state index < -0.39 is 0 Å². The molecule has 1 fully saturated rings. The van der Waals surface area contributed by atoms with E-state index in [1.807, 2.05) is 12.1 Å². The van der Waals surface area contributed by atoms with Crippen molar-refractivity contribution in [2.45, 2.75) is 0 Å². The maximum Gasteiger partial charge on any atom is 0.148 e. The Hall–Kier alpha value is -2.00. The van der Waals surface area contributed by atoms with Crippen molar-refractivity contribution in [1.82, 2.24) is 4.48 Å². The Morgan fingerprint density at radius 3 is 1.65 bits per heavy atom. The topological polar surface area (TPSA) is 52.0 Å². The van der Waals surface area contributed by atoms with Crippen molar-refractivity contribution in [1.29, 1.82) is 0 Å². The Bertz CT molecular complexity index is 588. The van der Waals surface area contributed by atoms with Crippen LogP contribution in [0.3, 0.4) is 0 Å². The number of hydrogen-bond acceptors (Lipinski definition) is 2. The van der Waals surface area contributed by atoms with Crippen LogP contribution in [0.4, 0.5) is 22.7 Å². The number of fused-ring (bicyclic) bond motifs is 5. The lowest BCUT2D eigenvalue weighted by atomic mass is 10.1. The largest absolute Gasteiger partial charge is 0.399 e. The molecule has 4 N–H and O–H groups in total. The minimum Gasteiger partial charge on any atom is -0.399 e. The molecule has 2 aromatic carbocycles. The summed E-state index contributed by atoms with van der Waals surface area (Å²) in [4.78, 5) is 0. The van der Waals surface area contributed by atoms with Crippen LogP contribution in [0.25, 0.3) is 11.1 Å². The van der Waals surface area contributed by atoms with Gasteiger partial charge in [-0.2, -0.15) is 0 Å². The fourth-order valence-corrected chi connectivity index (χ4v) is 2.97. The molecule has 0 atom stereocenters. The van der Waals surface area contributed by atoms with Gasteiger partial charge in [0.1, 0.15) is 24.5 Å². The van der Waals surface area contributed by atoms with Crippen molar-refractivity contribution in [3.8, 4) is 11.1 Å². The second-order valence-electron chi connectivity index (χ2n) is 4.97. The molecule has 0 bridgehead atoms. The summed E-state index contributed by atoms with van der Waals surface area (Å²) in [6, 6.07) is 12.4. The van der Waals surface area contributed by atoms with Crippen LogP contribution in [-0.4, -0.2) is 13.1 Å². The first kappa shape index (κ1) is 9.07. The third-order valence-corrected chi connectivity index (χ3v) is 3.93. The van der Waals surface area contributed by atoms with Crippen molar-refractivity contribution < 1.29 is 0 Å². The molecule has 2 aromatic rings. The smallest absolute Gasteiger partial charge is 0.148 e. The van der Waals surface area contributed by atoms with Gasteiger partial charge in [-0.05, 0) is 24.3 Å². The molecule has 2 aliphatic rings. The Labute approximate surface area is 99.9 Å². The standard InChI is InChI=1S/C14H14N3/c15-9-1-3-11-12-4-2-10(16)8-14(12)17(5-6-17)13(11)7-9/h1-4,7-8H,5-6,15-16H2/q+1. The van der Waals surface area contributed by atoms with Crippen LogP contribution in [-0.2, 0) is 0 Å². The third kappa shape index (κ3) is 0.996. The number of nitrogen functional groups attached to an aromatic ring is 2. The van der Waals surface area contributed by atoms with Gasteiger partial charge in [0.2, 0.25) is 0 Å². The molecule has 3 heteroatoms. The van der Waals surface area contributed by atoms with Gasteiger partial charge in [-0.15, -0.1) is 0 Å². The van der Waals surface area contributed by atoms with Crippen LogP contribution >= 0.6 is 0 Å². The molecule has 0 saturated carbocycles. The summed E-state index contributed by atoms with van der Waals surface area (Å²) in [5.41, 5.74) is 18.8. The van der Waals surface area contributed by atoms with E-state index in [0.29, 0.717) is 0 Å². The number of quaternary nitrogens is 1. The van der Waals surface area contributed by atoms with Crippen molar-refractivity contribution in [3.63, 3.8) is 0 Å². The molecular formula is C14H14N3+. The van der Waals surface area contributed by atoms with E-state index in [-0.39, 0.29) is 0 Å². The summed E-state index contributed by atoms with van der Waals surface area (Å²) in [5.74, 6) is 0. The predicted molar refractivity (Wildman–Crippen MR) is 71.9 cm³/mol. The average molecular weight is 224 g/mol. The Morgan fingerprint density at radius 1 is 0.765 bits per heavy atom. The quantitative estimate of drug-likeness (QED) is 0.410. The summed E-state index contributed by atoms with van der Waals surface area (Å²) >= 11 is 0. The highest BCUT2D eigenvalue weighted by atomic mass is 15.5. The van der Waals surface area contributed by atoms with Crippen LogP contribution in [0.15, 0.2) is 36.4 Å². The van der Waals surface area contributed by atoms with Gasteiger partial charge in [0.15, 0.2) is 0 Å². The molecule has 0 amide bonds. The maximum absolute atomic E-state index is 5.91. The second kappa shape index (κ2) is 2.63. The summed E-state index contributed by atoms with van der Waals surface area (Å²) < 4.78 is 0.945.